The number of halogens is 3. The smallest absolute Gasteiger partial charge is 0.479 e. The summed E-state index contributed by atoms with van der Waals surface area (Å²) in [6.45, 7) is -0.141. The van der Waals surface area contributed by atoms with Crippen LogP contribution in [-0.2, 0) is 10.0 Å². The minimum atomic E-state index is -4.85. The number of hydrogen-bond acceptors (Lipinski definition) is 5. The van der Waals surface area contributed by atoms with Gasteiger partial charge in [0.05, 0.1) is 4.90 Å². The molecule has 0 unspecified atom stereocenters. The molecule has 25 heavy (non-hydrogen) atoms. The first-order valence-electron chi connectivity index (χ1n) is 6.68. The molecule has 2 aromatic rings. The zero-order chi connectivity index (χ0) is 18.5. The van der Waals surface area contributed by atoms with Gasteiger partial charge in [0.15, 0.2) is 6.61 Å². The first-order valence-corrected chi connectivity index (χ1v) is 8.16. The van der Waals surface area contributed by atoms with Crippen molar-refractivity contribution in [1.29, 1.82) is 5.26 Å². The summed E-state index contributed by atoms with van der Waals surface area (Å²) < 4.78 is 71.7. The van der Waals surface area contributed by atoms with Gasteiger partial charge in [-0.1, -0.05) is 0 Å². The fourth-order valence-corrected chi connectivity index (χ4v) is 2.83. The van der Waals surface area contributed by atoms with Gasteiger partial charge in [-0.15, -0.1) is 13.2 Å². The SMILES string of the molecule is N#CCOc1ccc(NS(=O)(=O)c2ccc(OC(F)(F)F)cc2)cc1. The van der Waals surface area contributed by atoms with Gasteiger partial charge in [0, 0.05) is 5.69 Å². The molecule has 0 saturated carbocycles. The number of hydrogen-bond donors (Lipinski definition) is 1. The van der Waals surface area contributed by atoms with Crippen molar-refractivity contribution in [1.82, 2.24) is 0 Å². The number of anilines is 1. The molecule has 0 heterocycles. The van der Waals surface area contributed by atoms with E-state index in [1.54, 1.807) is 6.07 Å². The molecule has 0 bridgehead atoms. The molecule has 6 nitrogen and oxygen atoms in total. The first kappa shape index (κ1) is 18.4. The molecule has 0 aliphatic heterocycles. The van der Waals surface area contributed by atoms with Crippen LogP contribution in [0.1, 0.15) is 0 Å². The first-order chi connectivity index (χ1) is 11.7. The molecule has 0 aliphatic carbocycles. The van der Waals surface area contributed by atoms with Crippen LogP contribution in [0.15, 0.2) is 53.4 Å². The van der Waals surface area contributed by atoms with E-state index in [-0.39, 0.29) is 17.2 Å². The van der Waals surface area contributed by atoms with E-state index < -0.39 is 22.1 Å². The summed E-state index contributed by atoms with van der Waals surface area (Å²) >= 11 is 0. The molecule has 10 heteroatoms. The summed E-state index contributed by atoms with van der Waals surface area (Å²) in [7, 11) is -3.98. The number of rotatable bonds is 6. The number of nitrogens with one attached hydrogen (secondary N) is 1. The van der Waals surface area contributed by atoms with Gasteiger partial charge in [0.25, 0.3) is 10.0 Å². The van der Waals surface area contributed by atoms with Crippen molar-refractivity contribution < 1.29 is 31.1 Å². The maximum atomic E-state index is 12.2. The van der Waals surface area contributed by atoms with Crippen molar-refractivity contribution in [3.8, 4) is 17.6 Å². The van der Waals surface area contributed by atoms with Crippen LogP contribution in [0.2, 0.25) is 0 Å². The summed E-state index contributed by atoms with van der Waals surface area (Å²) in [5.74, 6) is -0.136. The average molecular weight is 372 g/mol. The summed E-state index contributed by atoms with van der Waals surface area (Å²) in [6, 6.07) is 11.4. The molecule has 0 amide bonds. The number of nitriles is 1. The van der Waals surface area contributed by atoms with Crippen LogP contribution in [0, 0.1) is 11.3 Å². The van der Waals surface area contributed by atoms with Crippen molar-refractivity contribution in [2.75, 3.05) is 11.3 Å². The van der Waals surface area contributed by atoms with Crippen LogP contribution < -0.4 is 14.2 Å². The maximum absolute atomic E-state index is 12.2. The molecular formula is C15H11F3N2O4S. The van der Waals surface area contributed by atoms with E-state index in [0.29, 0.717) is 5.75 Å². The number of alkyl halides is 3. The molecule has 1 N–H and O–H groups in total. The quantitative estimate of drug-likeness (QED) is 0.841. The van der Waals surface area contributed by atoms with Crippen molar-refractivity contribution >= 4 is 15.7 Å². The molecule has 0 atom stereocenters. The third-order valence-corrected chi connectivity index (χ3v) is 4.17. The van der Waals surface area contributed by atoms with Crippen LogP contribution in [0.3, 0.4) is 0 Å². The second kappa shape index (κ2) is 7.31. The lowest BCUT2D eigenvalue weighted by molar-refractivity contribution is -0.274. The molecule has 2 rings (SSSR count). The Morgan fingerprint density at radius 2 is 1.56 bits per heavy atom. The van der Waals surface area contributed by atoms with Gasteiger partial charge in [-0.25, -0.2) is 8.42 Å². The Morgan fingerprint density at radius 1 is 1.00 bits per heavy atom. The Hall–Kier alpha value is -2.93. The van der Waals surface area contributed by atoms with E-state index in [4.69, 9.17) is 10.00 Å². The number of sulfonamides is 1. The molecular weight excluding hydrogens is 361 g/mol. The van der Waals surface area contributed by atoms with Crippen molar-refractivity contribution in [3.05, 3.63) is 48.5 Å². The fourth-order valence-electron chi connectivity index (χ4n) is 1.77. The van der Waals surface area contributed by atoms with Crippen LogP contribution >= 0.6 is 0 Å². The average Bonchev–Trinajstić information content (AvgIpc) is 2.53. The molecule has 132 valence electrons. The monoisotopic (exact) mass is 372 g/mol. The predicted octanol–water partition coefficient (Wildman–Crippen LogP) is 3.29. The summed E-state index contributed by atoms with van der Waals surface area (Å²) in [5, 5.41) is 8.41. The Morgan fingerprint density at radius 3 is 2.08 bits per heavy atom. The zero-order valence-corrected chi connectivity index (χ0v) is 13.3. The van der Waals surface area contributed by atoms with Gasteiger partial charge in [-0.05, 0) is 48.5 Å². The van der Waals surface area contributed by atoms with Crippen LogP contribution in [-0.4, -0.2) is 21.4 Å². The zero-order valence-electron chi connectivity index (χ0n) is 12.4. The topological polar surface area (TPSA) is 88.4 Å². The minimum Gasteiger partial charge on any atom is -0.479 e. The van der Waals surface area contributed by atoms with Crippen molar-refractivity contribution in [3.63, 3.8) is 0 Å². The third-order valence-electron chi connectivity index (χ3n) is 2.78. The molecule has 0 spiro atoms. The van der Waals surface area contributed by atoms with Crippen molar-refractivity contribution in [2.45, 2.75) is 11.3 Å². The van der Waals surface area contributed by atoms with Gasteiger partial charge >= 0.3 is 6.36 Å². The van der Waals surface area contributed by atoms with Gasteiger partial charge < -0.3 is 9.47 Å². The highest BCUT2D eigenvalue weighted by molar-refractivity contribution is 7.92. The van der Waals surface area contributed by atoms with Crippen LogP contribution in [0.25, 0.3) is 0 Å². The molecule has 2 aromatic carbocycles. The number of nitrogens with zero attached hydrogens (tertiary/aromatic N) is 1. The lowest BCUT2D eigenvalue weighted by Crippen LogP contribution is -2.17. The van der Waals surface area contributed by atoms with Gasteiger partial charge in [-0.3, -0.25) is 4.72 Å². The standard InChI is InChI=1S/C15H11F3N2O4S/c16-15(17,18)24-13-5-7-14(8-6-13)25(21,22)20-11-1-3-12(4-2-11)23-10-9-19/h1-8,20H,10H2. The molecule has 0 saturated heterocycles. The largest absolute Gasteiger partial charge is 0.573 e. The molecule has 0 fully saturated rings. The number of benzene rings is 2. The normalized spacial score (nSPS) is 11.4. The Bertz CT molecular complexity index is 858. The van der Waals surface area contributed by atoms with E-state index in [1.165, 1.54) is 24.3 Å². The highest BCUT2D eigenvalue weighted by Crippen LogP contribution is 2.25. The molecule has 0 aromatic heterocycles. The van der Waals surface area contributed by atoms with E-state index in [0.717, 1.165) is 24.3 Å². The van der Waals surface area contributed by atoms with E-state index >= 15 is 0 Å². The second-order valence-corrected chi connectivity index (χ2v) is 6.28. The van der Waals surface area contributed by atoms with Crippen LogP contribution in [0.5, 0.6) is 11.5 Å². The Balaban J connectivity index is 2.09. The lowest BCUT2D eigenvalue weighted by Gasteiger charge is -2.11. The fraction of sp³-hybridized carbons (Fsp3) is 0.133. The van der Waals surface area contributed by atoms with E-state index in [1.807, 2.05) is 0 Å². The summed E-state index contributed by atoms with van der Waals surface area (Å²) in [6.07, 6.45) is -4.85. The lowest BCUT2D eigenvalue weighted by atomic mass is 10.3. The van der Waals surface area contributed by atoms with E-state index in [9.17, 15) is 21.6 Å². The molecule has 0 aliphatic rings. The number of ether oxygens (including phenoxy) is 2. The van der Waals surface area contributed by atoms with Crippen LogP contribution in [0.4, 0.5) is 18.9 Å². The maximum Gasteiger partial charge on any atom is 0.573 e. The van der Waals surface area contributed by atoms with Gasteiger partial charge in [0.1, 0.15) is 17.6 Å². The van der Waals surface area contributed by atoms with E-state index in [2.05, 4.69) is 9.46 Å². The second-order valence-electron chi connectivity index (χ2n) is 4.60. The summed E-state index contributed by atoms with van der Waals surface area (Å²) in [5.41, 5.74) is 0.222. The Labute approximate surface area is 141 Å². The predicted molar refractivity (Wildman–Crippen MR) is 81.5 cm³/mol. The molecule has 0 radical (unpaired) electrons. The highest BCUT2D eigenvalue weighted by atomic mass is 32.2. The highest BCUT2D eigenvalue weighted by Gasteiger charge is 2.31. The van der Waals surface area contributed by atoms with Crippen molar-refractivity contribution in [2.24, 2.45) is 0 Å². The summed E-state index contributed by atoms with van der Waals surface area (Å²) in [4.78, 5) is -0.230. The Kier molecular flexibility index (Phi) is 5.38. The van der Waals surface area contributed by atoms with Gasteiger partial charge in [0.2, 0.25) is 0 Å². The van der Waals surface area contributed by atoms with Gasteiger partial charge in [-0.2, -0.15) is 5.26 Å². The third kappa shape index (κ3) is 5.58. The minimum absolute atomic E-state index is 0.141.